The second-order valence-corrected chi connectivity index (χ2v) is 4.63. The molecule has 2 rings (SSSR count). The second kappa shape index (κ2) is 5.80. The molecule has 0 aliphatic carbocycles. The SMILES string of the molecule is O=C(CSc1ncccn1)c1cccc(Cl)c1. The summed E-state index contributed by atoms with van der Waals surface area (Å²) < 4.78 is 0. The molecule has 0 atom stereocenters. The van der Waals surface area contributed by atoms with Crippen LogP contribution >= 0.6 is 23.4 Å². The predicted octanol–water partition coefficient (Wildman–Crippen LogP) is 3.11. The van der Waals surface area contributed by atoms with Crippen LogP contribution in [0.3, 0.4) is 0 Å². The van der Waals surface area contributed by atoms with Crippen molar-refractivity contribution in [3.05, 3.63) is 53.3 Å². The topological polar surface area (TPSA) is 42.9 Å². The third kappa shape index (κ3) is 3.54. The van der Waals surface area contributed by atoms with Crippen molar-refractivity contribution in [2.24, 2.45) is 0 Å². The van der Waals surface area contributed by atoms with Crippen molar-refractivity contribution in [3.8, 4) is 0 Å². The van der Waals surface area contributed by atoms with Crippen molar-refractivity contribution in [1.29, 1.82) is 0 Å². The van der Waals surface area contributed by atoms with Crippen LogP contribution in [0.2, 0.25) is 5.02 Å². The highest BCUT2D eigenvalue weighted by Crippen LogP contribution is 2.16. The Balaban J connectivity index is 1.98. The van der Waals surface area contributed by atoms with Crippen LogP contribution in [0.5, 0.6) is 0 Å². The average Bonchev–Trinajstić information content (AvgIpc) is 2.37. The second-order valence-electron chi connectivity index (χ2n) is 3.25. The van der Waals surface area contributed by atoms with Gasteiger partial charge in [-0.1, -0.05) is 35.5 Å². The van der Waals surface area contributed by atoms with Gasteiger partial charge in [-0.2, -0.15) is 0 Å². The van der Waals surface area contributed by atoms with Gasteiger partial charge in [-0.15, -0.1) is 0 Å². The molecule has 0 saturated carbocycles. The monoisotopic (exact) mass is 264 g/mol. The van der Waals surface area contributed by atoms with E-state index in [4.69, 9.17) is 11.6 Å². The number of hydrogen-bond donors (Lipinski definition) is 0. The zero-order valence-corrected chi connectivity index (χ0v) is 10.4. The van der Waals surface area contributed by atoms with E-state index in [-0.39, 0.29) is 5.78 Å². The summed E-state index contributed by atoms with van der Waals surface area (Å²) >= 11 is 7.14. The standard InChI is InChI=1S/C12H9ClN2OS/c13-10-4-1-3-9(7-10)11(16)8-17-12-14-5-2-6-15-12/h1-7H,8H2. The molecule has 5 heteroatoms. The molecule has 2 aromatic rings. The molecular formula is C12H9ClN2OS. The lowest BCUT2D eigenvalue weighted by molar-refractivity contribution is 0.102. The van der Waals surface area contributed by atoms with Gasteiger partial charge >= 0.3 is 0 Å². The van der Waals surface area contributed by atoms with E-state index in [0.717, 1.165) is 0 Å². The molecule has 0 spiro atoms. The highest BCUT2D eigenvalue weighted by Gasteiger charge is 2.07. The normalized spacial score (nSPS) is 10.2. The molecular weight excluding hydrogens is 256 g/mol. The average molecular weight is 265 g/mol. The molecule has 0 aliphatic heterocycles. The quantitative estimate of drug-likeness (QED) is 0.483. The summed E-state index contributed by atoms with van der Waals surface area (Å²) in [7, 11) is 0. The van der Waals surface area contributed by atoms with Crippen LogP contribution in [0, 0.1) is 0 Å². The number of aromatic nitrogens is 2. The van der Waals surface area contributed by atoms with Gasteiger partial charge in [-0.05, 0) is 18.2 Å². The van der Waals surface area contributed by atoms with Crippen LogP contribution in [0.1, 0.15) is 10.4 Å². The molecule has 86 valence electrons. The fourth-order valence-electron chi connectivity index (χ4n) is 1.24. The maximum Gasteiger partial charge on any atom is 0.187 e. The van der Waals surface area contributed by atoms with Gasteiger partial charge < -0.3 is 0 Å². The van der Waals surface area contributed by atoms with Gasteiger partial charge in [0.05, 0.1) is 5.75 Å². The summed E-state index contributed by atoms with van der Waals surface area (Å²) in [5.74, 6) is 0.328. The van der Waals surface area contributed by atoms with Gasteiger partial charge in [-0.25, -0.2) is 9.97 Å². The number of carbonyl (C=O) groups is 1. The van der Waals surface area contributed by atoms with Crippen LogP contribution < -0.4 is 0 Å². The number of thioether (sulfide) groups is 1. The van der Waals surface area contributed by atoms with E-state index >= 15 is 0 Å². The molecule has 0 bridgehead atoms. The van der Waals surface area contributed by atoms with Crippen molar-refractivity contribution in [2.45, 2.75) is 5.16 Å². The Morgan fingerprint density at radius 3 is 2.71 bits per heavy atom. The Kier molecular flexibility index (Phi) is 4.12. The lowest BCUT2D eigenvalue weighted by Gasteiger charge is -2.00. The number of ketones is 1. The predicted molar refractivity (Wildman–Crippen MR) is 68.5 cm³/mol. The fourth-order valence-corrected chi connectivity index (χ4v) is 2.12. The summed E-state index contributed by atoms with van der Waals surface area (Å²) in [5, 5.41) is 1.17. The summed E-state index contributed by atoms with van der Waals surface area (Å²) in [6.45, 7) is 0. The van der Waals surface area contributed by atoms with Crippen LogP contribution in [0.15, 0.2) is 47.9 Å². The van der Waals surface area contributed by atoms with Crippen molar-refractivity contribution in [2.75, 3.05) is 5.75 Å². The van der Waals surface area contributed by atoms with Gasteiger partial charge in [0.15, 0.2) is 10.9 Å². The van der Waals surface area contributed by atoms with Crippen molar-refractivity contribution in [1.82, 2.24) is 9.97 Å². The van der Waals surface area contributed by atoms with E-state index in [9.17, 15) is 4.79 Å². The molecule has 0 fully saturated rings. The number of carbonyl (C=O) groups excluding carboxylic acids is 1. The molecule has 0 radical (unpaired) electrons. The largest absolute Gasteiger partial charge is 0.293 e. The Hall–Kier alpha value is -1.39. The van der Waals surface area contributed by atoms with Gasteiger partial charge in [0.1, 0.15) is 0 Å². The first-order valence-corrected chi connectivity index (χ1v) is 6.30. The number of nitrogens with zero attached hydrogens (tertiary/aromatic N) is 2. The molecule has 17 heavy (non-hydrogen) atoms. The zero-order valence-electron chi connectivity index (χ0n) is 8.84. The van der Waals surface area contributed by atoms with E-state index < -0.39 is 0 Å². The molecule has 0 unspecified atom stereocenters. The number of Topliss-reactive ketones (excluding diaryl/α,β-unsaturated/α-hetero) is 1. The highest BCUT2D eigenvalue weighted by molar-refractivity contribution is 7.99. The van der Waals surface area contributed by atoms with Crippen LogP contribution in [0.4, 0.5) is 0 Å². The fraction of sp³-hybridized carbons (Fsp3) is 0.0833. The minimum absolute atomic E-state index is 0.0185. The van der Waals surface area contributed by atoms with Gasteiger partial charge in [-0.3, -0.25) is 4.79 Å². The van der Waals surface area contributed by atoms with Crippen molar-refractivity contribution in [3.63, 3.8) is 0 Å². The van der Waals surface area contributed by atoms with Crippen molar-refractivity contribution >= 4 is 29.1 Å². The highest BCUT2D eigenvalue weighted by atomic mass is 35.5. The molecule has 1 aromatic carbocycles. The van der Waals surface area contributed by atoms with Crippen LogP contribution in [0.25, 0.3) is 0 Å². The smallest absolute Gasteiger partial charge is 0.187 e. The molecule has 1 heterocycles. The van der Waals surface area contributed by atoms with E-state index in [1.165, 1.54) is 11.8 Å². The first-order chi connectivity index (χ1) is 8.25. The van der Waals surface area contributed by atoms with E-state index in [1.54, 1.807) is 42.7 Å². The maximum absolute atomic E-state index is 11.8. The third-order valence-corrected chi connectivity index (χ3v) is 3.13. The first-order valence-electron chi connectivity index (χ1n) is 4.94. The Morgan fingerprint density at radius 1 is 1.24 bits per heavy atom. The van der Waals surface area contributed by atoms with Crippen LogP contribution in [-0.4, -0.2) is 21.5 Å². The minimum atomic E-state index is 0.0185. The summed E-state index contributed by atoms with van der Waals surface area (Å²) in [6.07, 6.45) is 3.30. The molecule has 0 saturated heterocycles. The van der Waals surface area contributed by atoms with Crippen LogP contribution in [-0.2, 0) is 0 Å². The number of rotatable bonds is 4. The van der Waals surface area contributed by atoms with Gasteiger partial charge in [0.25, 0.3) is 0 Å². The van der Waals surface area contributed by atoms with E-state index in [0.29, 0.717) is 21.5 Å². The number of benzene rings is 1. The summed E-state index contributed by atoms with van der Waals surface area (Å²) in [6, 6.07) is 8.66. The Labute approximate surface area is 108 Å². The molecule has 0 aliphatic rings. The lowest BCUT2D eigenvalue weighted by Crippen LogP contribution is -2.02. The summed E-state index contributed by atoms with van der Waals surface area (Å²) in [4.78, 5) is 19.9. The van der Waals surface area contributed by atoms with Gasteiger partial charge in [0, 0.05) is 23.0 Å². The van der Waals surface area contributed by atoms with E-state index in [1.807, 2.05) is 0 Å². The molecule has 3 nitrogen and oxygen atoms in total. The number of halogens is 1. The lowest BCUT2D eigenvalue weighted by atomic mass is 10.1. The number of hydrogen-bond acceptors (Lipinski definition) is 4. The van der Waals surface area contributed by atoms with Crippen molar-refractivity contribution < 1.29 is 4.79 Å². The Morgan fingerprint density at radius 2 is 2.00 bits per heavy atom. The molecule has 0 amide bonds. The van der Waals surface area contributed by atoms with Gasteiger partial charge in [0.2, 0.25) is 0 Å². The Bertz CT molecular complexity index is 519. The summed E-state index contributed by atoms with van der Waals surface area (Å²) in [5.41, 5.74) is 0.612. The maximum atomic E-state index is 11.8. The molecule has 1 aromatic heterocycles. The minimum Gasteiger partial charge on any atom is -0.293 e. The molecule has 0 N–H and O–H groups in total. The third-order valence-electron chi connectivity index (χ3n) is 2.02. The van der Waals surface area contributed by atoms with E-state index in [2.05, 4.69) is 9.97 Å². The zero-order chi connectivity index (χ0) is 12.1. The first kappa shape index (κ1) is 12.1.